The second-order valence-corrected chi connectivity index (χ2v) is 6.75. The average molecular weight is 287 g/mol. The highest BCUT2D eigenvalue weighted by molar-refractivity contribution is 5.81. The molecule has 0 spiro atoms. The lowest BCUT2D eigenvalue weighted by atomic mass is 9.97. The summed E-state index contributed by atoms with van der Waals surface area (Å²) < 4.78 is 6.22. The van der Waals surface area contributed by atoms with Crippen LogP contribution in [0, 0.1) is 0 Å². The molecule has 1 aromatic rings. The van der Waals surface area contributed by atoms with Crippen molar-refractivity contribution < 1.29 is 4.74 Å². The van der Waals surface area contributed by atoms with E-state index in [1.54, 1.807) is 0 Å². The molecule has 4 nitrogen and oxygen atoms in total. The summed E-state index contributed by atoms with van der Waals surface area (Å²) in [6, 6.07) is 7.03. The molecule has 1 aromatic carbocycles. The molecule has 0 radical (unpaired) electrons. The SMILES string of the molecule is CCC(C)N1C(N)=NCC1c1cccc2c1OC(C)(C)C2. The van der Waals surface area contributed by atoms with Crippen LogP contribution in [-0.4, -0.2) is 29.0 Å². The average Bonchev–Trinajstić information content (AvgIpc) is 2.95. The van der Waals surface area contributed by atoms with Crippen LogP contribution < -0.4 is 10.5 Å². The molecule has 2 N–H and O–H groups in total. The Morgan fingerprint density at radius 3 is 2.95 bits per heavy atom. The summed E-state index contributed by atoms with van der Waals surface area (Å²) >= 11 is 0. The Kier molecular flexibility index (Phi) is 3.34. The predicted octanol–water partition coefficient (Wildman–Crippen LogP) is 2.87. The first-order valence-electron chi connectivity index (χ1n) is 7.82. The van der Waals surface area contributed by atoms with Crippen molar-refractivity contribution in [1.82, 2.24) is 4.90 Å². The van der Waals surface area contributed by atoms with Gasteiger partial charge in [-0.25, -0.2) is 0 Å². The summed E-state index contributed by atoms with van der Waals surface area (Å²) in [7, 11) is 0. The molecule has 0 amide bonds. The molecular formula is C17H25N3O. The molecule has 21 heavy (non-hydrogen) atoms. The Bertz CT molecular complexity index is 579. The Labute approximate surface area is 127 Å². The number of fused-ring (bicyclic) bond motifs is 1. The van der Waals surface area contributed by atoms with Crippen LogP contribution in [0.2, 0.25) is 0 Å². The van der Waals surface area contributed by atoms with E-state index in [-0.39, 0.29) is 11.6 Å². The van der Waals surface area contributed by atoms with Crippen LogP contribution in [0.15, 0.2) is 23.2 Å². The maximum Gasteiger partial charge on any atom is 0.192 e. The number of para-hydroxylation sites is 1. The molecule has 0 aliphatic carbocycles. The van der Waals surface area contributed by atoms with Gasteiger partial charge in [-0.3, -0.25) is 4.99 Å². The minimum absolute atomic E-state index is 0.120. The van der Waals surface area contributed by atoms with Gasteiger partial charge in [-0.2, -0.15) is 0 Å². The summed E-state index contributed by atoms with van der Waals surface area (Å²) in [5.74, 6) is 1.70. The Morgan fingerprint density at radius 2 is 2.24 bits per heavy atom. The molecular weight excluding hydrogens is 262 g/mol. The summed E-state index contributed by atoms with van der Waals surface area (Å²) in [4.78, 5) is 6.71. The molecule has 2 atom stereocenters. The molecule has 2 aliphatic heterocycles. The Hall–Kier alpha value is -1.71. The highest BCUT2D eigenvalue weighted by atomic mass is 16.5. The Balaban J connectivity index is 1.98. The summed E-state index contributed by atoms with van der Waals surface area (Å²) in [6.45, 7) is 9.39. The lowest BCUT2D eigenvalue weighted by Gasteiger charge is -2.32. The molecule has 2 heterocycles. The number of rotatable bonds is 3. The monoisotopic (exact) mass is 287 g/mol. The van der Waals surface area contributed by atoms with Gasteiger partial charge < -0.3 is 15.4 Å². The number of benzene rings is 1. The number of aliphatic imine (C=N–C) groups is 1. The van der Waals surface area contributed by atoms with E-state index >= 15 is 0 Å². The van der Waals surface area contributed by atoms with Gasteiger partial charge in [-0.15, -0.1) is 0 Å². The van der Waals surface area contributed by atoms with Gasteiger partial charge in [0.25, 0.3) is 0 Å². The Morgan fingerprint density at radius 1 is 1.48 bits per heavy atom. The van der Waals surface area contributed by atoms with E-state index in [9.17, 15) is 0 Å². The maximum atomic E-state index is 6.22. The summed E-state index contributed by atoms with van der Waals surface area (Å²) in [6.07, 6.45) is 2.01. The molecule has 2 unspecified atom stereocenters. The minimum Gasteiger partial charge on any atom is -0.487 e. The topological polar surface area (TPSA) is 50.8 Å². The van der Waals surface area contributed by atoms with Crippen LogP contribution in [0.4, 0.5) is 0 Å². The van der Waals surface area contributed by atoms with Gasteiger partial charge in [-0.1, -0.05) is 25.1 Å². The van der Waals surface area contributed by atoms with E-state index in [4.69, 9.17) is 10.5 Å². The van der Waals surface area contributed by atoms with E-state index in [2.05, 4.69) is 55.8 Å². The van der Waals surface area contributed by atoms with Gasteiger partial charge in [0, 0.05) is 18.0 Å². The van der Waals surface area contributed by atoms with Gasteiger partial charge in [0.2, 0.25) is 0 Å². The number of nitrogens with two attached hydrogens (primary N) is 1. The molecule has 0 saturated heterocycles. The molecule has 0 fully saturated rings. The fourth-order valence-electron chi connectivity index (χ4n) is 3.39. The predicted molar refractivity (Wildman–Crippen MR) is 85.7 cm³/mol. The zero-order valence-corrected chi connectivity index (χ0v) is 13.4. The zero-order chi connectivity index (χ0) is 15.2. The van der Waals surface area contributed by atoms with Crippen molar-refractivity contribution in [3.05, 3.63) is 29.3 Å². The molecule has 2 aliphatic rings. The third-order valence-corrected chi connectivity index (χ3v) is 4.57. The van der Waals surface area contributed by atoms with Gasteiger partial charge in [0.1, 0.15) is 11.4 Å². The van der Waals surface area contributed by atoms with E-state index in [0.717, 1.165) is 25.1 Å². The summed E-state index contributed by atoms with van der Waals surface area (Å²) in [5, 5.41) is 0. The third-order valence-electron chi connectivity index (χ3n) is 4.57. The van der Waals surface area contributed by atoms with E-state index in [0.29, 0.717) is 12.0 Å². The smallest absolute Gasteiger partial charge is 0.192 e. The second-order valence-electron chi connectivity index (χ2n) is 6.75. The molecule has 0 aromatic heterocycles. The van der Waals surface area contributed by atoms with Gasteiger partial charge in [0.05, 0.1) is 12.6 Å². The highest BCUT2D eigenvalue weighted by Gasteiger charge is 2.37. The van der Waals surface area contributed by atoms with Crippen LogP contribution in [-0.2, 0) is 6.42 Å². The standard InChI is InChI=1S/C17H25N3O/c1-5-11(2)20-14(10-19-16(20)18)13-8-6-7-12-9-17(3,4)21-15(12)13/h6-8,11,14H,5,9-10H2,1-4H3,(H2,18,19). The van der Waals surface area contributed by atoms with Crippen molar-refractivity contribution in [2.45, 2.75) is 58.2 Å². The van der Waals surface area contributed by atoms with Crippen molar-refractivity contribution in [2.24, 2.45) is 10.7 Å². The van der Waals surface area contributed by atoms with Crippen LogP contribution in [0.3, 0.4) is 0 Å². The fourth-order valence-corrected chi connectivity index (χ4v) is 3.39. The number of nitrogens with zero attached hydrogens (tertiary/aromatic N) is 2. The van der Waals surface area contributed by atoms with Crippen LogP contribution in [0.5, 0.6) is 5.75 Å². The van der Waals surface area contributed by atoms with E-state index in [1.165, 1.54) is 11.1 Å². The van der Waals surface area contributed by atoms with Crippen molar-refractivity contribution >= 4 is 5.96 Å². The lowest BCUT2D eigenvalue weighted by Crippen LogP contribution is -2.42. The van der Waals surface area contributed by atoms with Crippen molar-refractivity contribution in [1.29, 1.82) is 0 Å². The van der Waals surface area contributed by atoms with E-state index < -0.39 is 0 Å². The number of ether oxygens (including phenoxy) is 1. The maximum absolute atomic E-state index is 6.22. The first-order valence-corrected chi connectivity index (χ1v) is 7.82. The number of hydrogen-bond donors (Lipinski definition) is 1. The van der Waals surface area contributed by atoms with Crippen molar-refractivity contribution in [3.63, 3.8) is 0 Å². The largest absolute Gasteiger partial charge is 0.487 e. The lowest BCUT2D eigenvalue weighted by molar-refractivity contribution is 0.134. The number of hydrogen-bond acceptors (Lipinski definition) is 4. The van der Waals surface area contributed by atoms with Gasteiger partial charge in [-0.05, 0) is 32.8 Å². The zero-order valence-electron chi connectivity index (χ0n) is 13.4. The molecule has 0 saturated carbocycles. The van der Waals surface area contributed by atoms with Crippen LogP contribution >= 0.6 is 0 Å². The normalized spacial score (nSPS) is 24.5. The number of guanidine groups is 1. The van der Waals surface area contributed by atoms with Crippen LogP contribution in [0.1, 0.15) is 51.3 Å². The quantitative estimate of drug-likeness (QED) is 0.930. The highest BCUT2D eigenvalue weighted by Crippen LogP contribution is 2.42. The molecule has 4 heteroatoms. The molecule has 0 bridgehead atoms. The van der Waals surface area contributed by atoms with Gasteiger partial charge in [0.15, 0.2) is 5.96 Å². The first-order chi connectivity index (χ1) is 9.93. The van der Waals surface area contributed by atoms with Crippen LogP contribution in [0.25, 0.3) is 0 Å². The second kappa shape index (κ2) is 4.93. The fraction of sp³-hybridized carbons (Fsp3) is 0.588. The van der Waals surface area contributed by atoms with E-state index in [1.807, 2.05) is 0 Å². The summed E-state index contributed by atoms with van der Waals surface area (Å²) in [5.41, 5.74) is 8.52. The third kappa shape index (κ3) is 2.37. The van der Waals surface area contributed by atoms with Gasteiger partial charge >= 0.3 is 0 Å². The van der Waals surface area contributed by atoms with Crippen molar-refractivity contribution in [2.75, 3.05) is 6.54 Å². The molecule has 114 valence electrons. The minimum atomic E-state index is -0.120. The first kappa shape index (κ1) is 14.2. The van der Waals surface area contributed by atoms with Crippen molar-refractivity contribution in [3.8, 4) is 5.75 Å². The molecule has 3 rings (SSSR count).